The lowest BCUT2D eigenvalue weighted by molar-refractivity contribution is -0.129. The highest BCUT2D eigenvalue weighted by atomic mass is 19.1. The minimum atomic E-state index is -0.259. The van der Waals surface area contributed by atoms with Gasteiger partial charge in [-0.2, -0.15) is 0 Å². The zero-order chi connectivity index (χ0) is 16.9. The molecule has 4 nitrogen and oxygen atoms in total. The minimum absolute atomic E-state index is 0.104. The number of hydrogen-bond acceptors (Lipinski definition) is 3. The average molecular weight is 328 g/mol. The fourth-order valence-corrected chi connectivity index (χ4v) is 2.88. The molecule has 24 heavy (non-hydrogen) atoms. The van der Waals surface area contributed by atoms with Gasteiger partial charge in [0.05, 0.1) is 13.2 Å². The average Bonchev–Trinajstić information content (AvgIpc) is 2.95. The Bertz CT molecular complexity index is 686. The first kappa shape index (κ1) is 16.5. The van der Waals surface area contributed by atoms with E-state index in [2.05, 4.69) is 5.32 Å². The van der Waals surface area contributed by atoms with Crippen LogP contribution in [0.5, 0.6) is 5.75 Å². The molecule has 0 aliphatic carbocycles. The highest BCUT2D eigenvalue weighted by Crippen LogP contribution is 2.17. The van der Waals surface area contributed by atoms with E-state index in [1.165, 1.54) is 12.1 Å². The first-order valence-electron chi connectivity index (χ1n) is 8.05. The summed E-state index contributed by atoms with van der Waals surface area (Å²) in [5.41, 5.74) is 2.06. The number of carbonyl (C=O) groups is 1. The van der Waals surface area contributed by atoms with Gasteiger partial charge in [-0.05, 0) is 41.8 Å². The molecular formula is C19H21FN2O2. The van der Waals surface area contributed by atoms with Gasteiger partial charge in [-0.3, -0.25) is 4.79 Å². The van der Waals surface area contributed by atoms with Crippen LogP contribution in [0, 0.1) is 5.82 Å². The third-order valence-electron chi connectivity index (χ3n) is 4.30. The van der Waals surface area contributed by atoms with Crippen molar-refractivity contribution in [2.45, 2.75) is 25.6 Å². The molecule has 0 spiro atoms. The summed E-state index contributed by atoms with van der Waals surface area (Å²) in [6.07, 6.45) is 0.788. The van der Waals surface area contributed by atoms with Crippen LogP contribution >= 0.6 is 0 Å². The first-order chi connectivity index (χ1) is 11.7. The molecule has 1 fully saturated rings. The van der Waals surface area contributed by atoms with Crippen molar-refractivity contribution in [1.82, 2.24) is 10.2 Å². The van der Waals surface area contributed by atoms with Crippen LogP contribution in [-0.2, 0) is 17.9 Å². The topological polar surface area (TPSA) is 41.6 Å². The van der Waals surface area contributed by atoms with E-state index in [1.807, 2.05) is 29.2 Å². The zero-order valence-electron chi connectivity index (χ0n) is 13.7. The van der Waals surface area contributed by atoms with Crippen LogP contribution in [-0.4, -0.2) is 30.5 Å². The zero-order valence-corrected chi connectivity index (χ0v) is 13.7. The molecule has 1 saturated heterocycles. The summed E-state index contributed by atoms with van der Waals surface area (Å²) in [5, 5.41) is 3.32. The third-order valence-corrected chi connectivity index (χ3v) is 4.30. The molecule has 1 atom stereocenters. The van der Waals surface area contributed by atoms with Crippen molar-refractivity contribution < 1.29 is 13.9 Å². The van der Waals surface area contributed by atoms with E-state index < -0.39 is 0 Å². The number of benzene rings is 2. The number of rotatable bonds is 6. The largest absolute Gasteiger partial charge is 0.497 e. The van der Waals surface area contributed by atoms with Gasteiger partial charge in [0.1, 0.15) is 11.6 Å². The Morgan fingerprint density at radius 2 is 1.79 bits per heavy atom. The number of halogens is 1. The number of carbonyl (C=O) groups excluding carboxylic acids is 1. The Balaban J connectivity index is 1.52. The fraction of sp³-hybridized carbons (Fsp3) is 0.316. The highest BCUT2D eigenvalue weighted by Gasteiger charge is 2.30. The molecule has 1 N–H and O–H groups in total. The van der Waals surface area contributed by atoms with Gasteiger partial charge < -0.3 is 15.0 Å². The molecule has 1 amide bonds. The first-order valence-corrected chi connectivity index (χ1v) is 8.05. The van der Waals surface area contributed by atoms with E-state index in [0.717, 1.165) is 29.8 Å². The Morgan fingerprint density at radius 1 is 1.12 bits per heavy atom. The van der Waals surface area contributed by atoms with Gasteiger partial charge in [-0.1, -0.05) is 24.3 Å². The molecule has 126 valence electrons. The maximum absolute atomic E-state index is 12.9. The normalized spacial score (nSPS) is 17.3. The molecule has 3 rings (SSSR count). The molecule has 0 saturated carbocycles. The molecule has 1 heterocycles. The second-order valence-electron chi connectivity index (χ2n) is 5.96. The van der Waals surface area contributed by atoms with Gasteiger partial charge in [-0.15, -0.1) is 0 Å². The van der Waals surface area contributed by atoms with Crippen LogP contribution < -0.4 is 10.1 Å². The number of methoxy groups -OCH3 is 1. The van der Waals surface area contributed by atoms with Crippen LogP contribution in [0.2, 0.25) is 0 Å². The van der Waals surface area contributed by atoms with Crippen LogP contribution in [0.4, 0.5) is 4.39 Å². The van der Waals surface area contributed by atoms with Crippen LogP contribution in [0.15, 0.2) is 48.5 Å². The maximum Gasteiger partial charge on any atom is 0.240 e. The number of amides is 1. The molecule has 0 radical (unpaired) electrons. The van der Waals surface area contributed by atoms with Crippen LogP contribution in [0.3, 0.4) is 0 Å². The number of likely N-dealkylation sites (tertiary alicyclic amines) is 1. The summed E-state index contributed by atoms with van der Waals surface area (Å²) in [6, 6.07) is 13.9. The quantitative estimate of drug-likeness (QED) is 0.886. The summed E-state index contributed by atoms with van der Waals surface area (Å²) < 4.78 is 18.1. The van der Waals surface area contributed by atoms with Crippen LogP contribution in [0.25, 0.3) is 0 Å². The number of hydrogen-bond donors (Lipinski definition) is 1. The monoisotopic (exact) mass is 328 g/mol. The van der Waals surface area contributed by atoms with Gasteiger partial charge in [-0.25, -0.2) is 4.39 Å². The molecule has 1 aliphatic rings. The molecule has 2 aromatic carbocycles. The van der Waals surface area contributed by atoms with Crippen molar-refractivity contribution in [2.24, 2.45) is 0 Å². The summed E-state index contributed by atoms with van der Waals surface area (Å²) in [6.45, 7) is 1.89. The van der Waals surface area contributed by atoms with Crippen molar-refractivity contribution >= 4 is 5.91 Å². The van der Waals surface area contributed by atoms with E-state index in [1.54, 1.807) is 19.2 Å². The third kappa shape index (κ3) is 3.92. The Morgan fingerprint density at radius 3 is 2.46 bits per heavy atom. The van der Waals surface area contributed by atoms with Crippen molar-refractivity contribution in [3.8, 4) is 5.75 Å². The lowest BCUT2D eigenvalue weighted by atomic mass is 10.2. The van der Waals surface area contributed by atoms with Crippen molar-refractivity contribution in [1.29, 1.82) is 0 Å². The van der Waals surface area contributed by atoms with Gasteiger partial charge in [0.2, 0.25) is 5.91 Å². The second-order valence-corrected chi connectivity index (χ2v) is 5.96. The minimum Gasteiger partial charge on any atom is -0.497 e. The van der Waals surface area contributed by atoms with Gasteiger partial charge >= 0.3 is 0 Å². The number of nitrogens with one attached hydrogen (secondary N) is 1. The standard InChI is InChI=1S/C19H21FN2O2/c1-24-17-8-4-14(5-9-17)12-21-18-10-11-22(19(18)23)13-15-2-6-16(20)7-3-15/h2-9,18,21H,10-13H2,1H3. The number of ether oxygens (including phenoxy) is 1. The van der Waals surface area contributed by atoms with Gasteiger partial charge in [0, 0.05) is 19.6 Å². The van der Waals surface area contributed by atoms with E-state index >= 15 is 0 Å². The highest BCUT2D eigenvalue weighted by molar-refractivity contribution is 5.83. The molecule has 5 heteroatoms. The van der Waals surface area contributed by atoms with E-state index in [-0.39, 0.29) is 17.8 Å². The maximum atomic E-state index is 12.9. The Labute approximate surface area is 141 Å². The molecule has 1 unspecified atom stereocenters. The van der Waals surface area contributed by atoms with E-state index in [0.29, 0.717) is 13.1 Å². The predicted octanol–water partition coefficient (Wildman–Crippen LogP) is 2.73. The summed E-state index contributed by atoms with van der Waals surface area (Å²) in [5.74, 6) is 0.666. The van der Waals surface area contributed by atoms with Gasteiger partial charge in [0.15, 0.2) is 0 Å². The molecule has 0 bridgehead atoms. The Kier molecular flexibility index (Phi) is 5.11. The molecule has 1 aliphatic heterocycles. The lowest BCUT2D eigenvalue weighted by Crippen LogP contribution is -2.37. The SMILES string of the molecule is COc1ccc(CNC2CCN(Cc3ccc(F)cc3)C2=O)cc1. The van der Waals surface area contributed by atoms with Gasteiger partial charge in [0.25, 0.3) is 0 Å². The second kappa shape index (κ2) is 7.45. The summed E-state index contributed by atoms with van der Waals surface area (Å²) in [4.78, 5) is 14.3. The summed E-state index contributed by atoms with van der Waals surface area (Å²) in [7, 11) is 1.64. The molecule has 0 aromatic heterocycles. The van der Waals surface area contributed by atoms with E-state index in [4.69, 9.17) is 4.74 Å². The number of nitrogens with zero attached hydrogens (tertiary/aromatic N) is 1. The fourth-order valence-electron chi connectivity index (χ4n) is 2.88. The van der Waals surface area contributed by atoms with Crippen LogP contribution in [0.1, 0.15) is 17.5 Å². The molecule has 2 aromatic rings. The van der Waals surface area contributed by atoms with Crippen molar-refractivity contribution in [3.63, 3.8) is 0 Å². The molecular weight excluding hydrogens is 307 g/mol. The predicted molar refractivity (Wildman–Crippen MR) is 90.1 cm³/mol. The lowest BCUT2D eigenvalue weighted by Gasteiger charge is -2.17. The summed E-state index contributed by atoms with van der Waals surface area (Å²) >= 11 is 0. The Hall–Kier alpha value is -2.40. The van der Waals surface area contributed by atoms with Crippen molar-refractivity contribution in [3.05, 3.63) is 65.5 Å². The smallest absolute Gasteiger partial charge is 0.240 e. The van der Waals surface area contributed by atoms with Crippen molar-refractivity contribution in [2.75, 3.05) is 13.7 Å². The van der Waals surface area contributed by atoms with E-state index in [9.17, 15) is 9.18 Å².